The van der Waals surface area contributed by atoms with Crippen molar-refractivity contribution in [1.82, 2.24) is 10.2 Å². The van der Waals surface area contributed by atoms with Crippen LogP contribution in [0.4, 0.5) is 0 Å². The first-order chi connectivity index (χ1) is 7.96. The molecule has 0 aromatic rings. The van der Waals surface area contributed by atoms with Gasteiger partial charge in [-0.1, -0.05) is 41.0 Å². The van der Waals surface area contributed by atoms with E-state index in [1.807, 2.05) is 0 Å². The van der Waals surface area contributed by atoms with E-state index in [1.165, 1.54) is 45.3 Å². The van der Waals surface area contributed by atoms with Gasteiger partial charge < -0.3 is 5.32 Å². The first-order valence-electron chi connectivity index (χ1n) is 7.43. The fourth-order valence-corrected chi connectivity index (χ4v) is 2.63. The van der Waals surface area contributed by atoms with E-state index in [-0.39, 0.29) is 0 Å². The largest absolute Gasteiger partial charge is 0.311 e. The Morgan fingerprint density at radius 3 is 2.47 bits per heavy atom. The summed E-state index contributed by atoms with van der Waals surface area (Å²) in [6, 6.07) is 1.48. The van der Waals surface area contributed by atoms with Crippen LogP contribution in [0.1, 0.15) is 60.3 Å². The minimum Gasteiger partial charge on any atom is -0.311 e. The van der Waals surface area contributed by atoms with E-state index in [0.717, 1.165) is 12.1 Å². The van der Waals surface area contributed by atoms with E-state index in [2.05, 4.69) is 44.8 Å². The Morgan fingerprint density at radius 1 is 1.24 bits per heavy atom. The standard InChI is InChI=1S/C15H32N2/c1-6-8-13-12-17(10-9-15(3,4)5)14(7-2)11-16-13/h13-14,16H,6-12H2,1-5H3. The monoisotopic (exact) mass is 240 g/mol. The van der Waals surface area contributed by atoms with Crippen LogP contribution >= 0.6 is 0 Å². The minimum absolute atomic E-state index is 0.462. The van der Waals surface area contributed by atoms with Crippen molar-refractivity contribution in [2.75, 3.05) is 19.6 Å². The molecule has 1 saturated heterocycles. The van der Waals surface area contributed by atoms with Crippen LogP contribution in [0, 0.1) is 5.41 Å². The normalized spacial score (nSPS) is 27.4. The molecule has 0 bridgehead atoms. The molecule has 2 heteroatoms. The van der Waals surface area contributed by atoms with Gasteiger partial charge >= 0.3 is 0 Å². The van der Waals surface area contributed by atoms with Crippen LogP contribution in [-0.4, -0.2) is 36.6 Å². The van der Waals surface area contributed by atoms with Crippen LogP contribution < -0.4 is 5.32 Å². The zero-order valence-electron chi connectivity index (χ0n) is 12.6. The van der Waals surface area contributed by atoms with Crippen molar-refractivity contribution >= 4 is 0 Å². The van der Waals surface area contributed by atoms with Crippen LogP contribution in [0.25, 0.3) is 0 Å². The first kappa shape index (κ1) is 15.0. The van der Waals surface area contributed by atoms with Crippen molar-refractivity contribution < 1.29 is 0 Å². The lowest BCUT2D eigenvalue weighted by Gasteiger charge is -2.41. The van der Waals surface area contributed by atoms with Crippen LogP contribution in [0.3, 0.4) is 0 Å². The maximum Gasteiger partial charge on any atom is 0.0218 e. The second kappa shape index (κ2) is 6.75. The Hall–Kier alpha value is -0.0800. The summed E-state index contributed by atoms with van der Waals surface area (Å²) in [5.41, 5.74) is 0.462. The summed E-state index contributed by atoms with van der Waals surface area (Å²) in [5, 5.41) is 3.71. The van der Waals surface area contributed by atoms with E-state index in [4.69, 9.17) is 0 Å². The average Bonchev–Trinajstić information content (AvgIpc) is 2.26. The van der Waals surface area contributed by atoms with Crippen LogP contribution in [0.15, 0.2) is 0 Å². The average molecular weight is 240 g/mol. The highest BCUT2D eigenvalue weighted by atomic mass is 15.2. The van der Waals surface area contributed by atoms with Gasteiger partial charge in [-0.05, 0) is 31.2 Å². The van der Waals surface area contributed by atoms with Crippen molar-refractivity contribution in [3.63, 3.8) is 0 Å². The lowest BCUT2D eigenvalue weighted by Crippen LogP contribution is -2.56. The van der Waals surface area contributed by atoms with E-state index < -0.39 is 0 Å². The van der Waals surface area contributed by atoms with Gasteiger partial charge in [0, 0.05) is 25.2 Å². The summed E-state index contributed by atoms with van der Waals surface area (Å²) in [5.74, 6) is 0. The highest BCUT2D eigenvalue weighted by Crippen LogP contribution is 2.21. The molecule has 2 atom stereocenters. The third-order valence-corrected chi connectivity index (χ3v) is 3.87. The maximum absolute atomic E-state index is 3.71. The Morgan fingerprint density at radius 2 is 1.94 bits per heavy atom. The molecule has 0 amide bonds. The molecule has 2 unspecified atom stereocenters. The molecule has 1 N–H and O–H groups in total. The van der Waals surface area contributed by atoms with Crippen LogP contribution in [0.5, 0.6) is 0 Å². The third-order valence-electron chi connectivity index (χ3n) is 3.87. The first-order valence-corrected chi connectivity index (χ1v) is 7.43. The number of rotatable bonds is 5. The minimum atomic E-state index is 0.462. The fourth-order valence-electron chi connectivity index (χ4n) is 2.63. The van der Waals surface area contributed by atoms with Gasteiger partial charge in [-0.25, -0.2) is 0 Å². The van der Waals surface area contributed by atoms with Gasteiger partial charge in [0.15, 0.2) is 0 Å². The van der Waals surface area contributed by atoms with Crippen LogP contribution in [0.2, 0.25) is 0 Å². The molecule has 2 nitrogen and oxygen atoms in total. The highest BCUT2D eigenvalue weighted by Gasteiger charge is 2.26. The molecule has 1 rings (SSSR count). The lowest BCUT2D eigenvalue weighted by molar-refractivity contribution is 0.108. The molecule has 1 fully saturated rings. The summed E-state index contributed by atoms with van der Waals surface area (Å²) in [6.07, 6.45) is 5.20. The molecule has 1 aliphatic rings. The lowest BCUT2D eigenvalue weighted by atomic mass is 9.91. The summed E-state index contributed by atoms with van der Waals surface area (Å²) < 4.78 is 0. The molecule has 0 aliphatic carbocycles. The van der Waals surface area contributed by atoms with Gasteiger partial charge in [-0.2, -0.15) is 0 Å². The number of nitrogens with zero attached hydrogens (tertiary/aromatic N) is 1. The number of hydrogen-bond acceptors (Lipinski definition) is 2. The zero-order valence-corrected chi connectivity index (χ0v) is 12.6. The summed E-state index contributed by atoms with van der Waals surface area (Å²) in [7, 11) is 0. The Kier molecular flexibility index (Phi) is 5.94. The number of piperazine rings is 1. The molecule has 0 spiro atoms. The third kappa shape index (κ3) is 5.39. The quantitative estimate of drug-likeness (QED) is 0.793. The number of hydrogen-bond donors (Lipinski definition) is 1. The van der Waals surface area contributed by atoms with Gasteiger partial charge in [0.1, 0.15) is 0 Å². The summed E-state index contributed by atoms with van der Waals surface area (Å²) in [4.78, 5) is 2.72. The smallest absolute Gasteiger partial charge is 0.0218 e. The summed E-state index contributed by atoms with van der Waals surface area (Å²) >= 11 is 0. The Balaban J connectivity index is 2.45. The fraction of sp³-hybridized carbons (Fsp3) is 1.00. The topological polar surface area (TPSA) is 15.3 Å². The number of nitrogens with one attached hydrogen (secondary N) is 1. The SMILES string of the molecule is CCCC1CN(CCC(C)(C)C)C(CC)CN1. The Labute approximate surface area is 108 Å². The Bertz CT molecular complexity index is 207. The predicted molar refractivity (Wildman–Crippen MR) is 76.4 cm³/mol. The molecule has 0 radical (unpaired) electrons. The van der Waals surface area contributed by atoms with Crippen molar-refractivity contribution in [2.24, 2.45) is 5.41 Å². The predicted octanol–water partition coefficient (Wildman–Crippen LogP) is 3.28. The van der Waals surface area contributed by atoms with E-state index in [1.54, 1.807) is 0 Å². The van der Waals surface area contributed by atoms with E-state index in [0.29, 0.717) is 5.41 Å². The van der Waals surface area contributed by atoms with E-state index in [9.17, 15) is 0 Å². The summed E-state index contributed by atoms with van der Waals surface area (Å²) in [6.45, 7) is 15.3. The van der Waals surface area contributed by atoms with Crippen molar-refractivity contribution in [1.29, 1.82) is 0 Å². The van der Waals surface area contributed by atoms with Crippen LogP contribution in [-0.2, 0) is 0 Å². The molecule has 1 heterocycles. The highest BCUT2D eigenvalue weighted by molar-refractivity contribution is 4.85. The van der Waals surface area contributed by atoms with Crippen molar-refractivity contribution in [2.45, 2.75) is 72.4 Å². The van der Waals surface area contributed by atoms with Gasteiger partial charge in [0.05, 0.1) is 0 Å². The van der Waals surface area contributed by atoms with Crippen molar-refractivity contribution in [3.8, 4) is 0 Å². The molecule has 1 aliphatic heterocycles. The zero-order chi connectivity index (χ0) is 12.9. The molecule has 0 saturated carbocycles. The molecule has 102 valence electrons. The van der Waals surface area contributed by atoms with Gasteiger partial charge in [-0.3, -0.25) is 4.90 Å². The molecular formula is C15H32N2. The van der Waals surface area contributed by atoms with Gasteiger partial charge in [0.25, 0.3) is 0 Å². The van der Waals surface area contributed by atoms with Crippen molar-refractivity contribution in [3.05, 3.63) is 0 Å². The molecule has 17 heavy (non-hydrogen) atoms. The second-order valence-electron chi connectivity index (χ2n) is 6.76. The molecule has 0 aromatic carbocycles. The molecular weight excluding hydrogens is 208 g/mol. The maximum atomic E-state index is 3.71. The second-order valence-corrected chi connectivity index (χ2v) is 6.76. The van der Waals surface area contributed by atoms with E-state index >= 15 is 0 Å². The van der Waals surface area contributed by atoms with Gasteiger partial charge in [0.2, 0.25) is 0 Å². The molecule has 0 aromatic heterocycles. The van der Waals surface area contributed by atoms with Gasteiger partial charge in [-0.15, -0.1) is 0 Å².